The van der Waals surface area contributed by atoms with Gasteiger partial charge in [-0.25, -0.2) is 0 Å². The molecule has 2 nitrogen and oxygen atoms in total. The molecule has 1 aliphatic carbocycles. The van der Waals surface area contributed by atoms with Gasteiger partial charge in [0.1, 0.15) is 0 Å². The summed E-state index contributed by atoms with van der Waals surface area (Å²) in [4.78, 5) is 5.15. The highest BCUT2D eigenvalue weighted by Crippen LogP contribution is 2.60. The van der Waals surface area contributed by atoms with Crippen molar-refractivity contribution in [1.82, 2.24) is 0 Å². The van der Waals surface area contributed by atoms with Crippen LogP contribution in [0.25, 0.3) is 21.9 Å². The quantitative estimate of drug-likeness (QED) is 0.191. The molecule has 3 aliphatic rings. The maximum absolute atomic E-state index is 2.60. The van der Waals surface area contributed by atoms with Crippen LogP contribution >= 0.6 is 0 Å². The lowest BCUT2D eigenvalue weighted by atomic mass is 9.67. The molecule has 0 amide bonds. The average molecular weight is 631 g/mol. The molecule has 7 aromatic rings. The summed E-state index contributed by atoms with van der Waals surface area (Å²) < 4.78 is 0. The van der Waals surface area contributed by atoms with Crippen molar-refractivity contribution in [3.8, 4) is 11.1 Å². The van der Waals surface area contributed by atoms with Gasteiger partial charge >= 0.3 is 0 Å². The fraction of sp³-hybridized carbons (Fsp3) is 0.149. The lowest BCUT2D eigenvalue weighted by Crippen LogP contribution is -2.30. The van der Waals surface area contributed by atoms with E-state index in [1.54, 1.807) is 0 Å². The Bertz CT molecular complexity index is 2320. The number of hydrogen-bond donors (Lipinski definition) is 0. The van der Waals surface area contributed by atoms with Crippen molar-refractivity contribution >= 4 is 33.5 Å². The van der Waals surface area contributed by atoms with E-state index in [2.05, 4.69) is 168 Å². The molecule has 10 rings (SSSR count). The molecule has 0 atom stereocenters. The van der Waals surface area contributed by atoms with E-state index in [1.165, 1.54) is 78.0 Å². The predicted octanol–water partition coefficient (Wildman–Crippen LogP) is 11.4. The highest BCUT2D eigenvalue weighted by atomic mass is 15.1. The van der Waals surface area contributed by atoms with Gasteiger partial charge in [0.25, 0.3) is 0 Å². The third kappa shape index (κ3) is 4.20. The van der Waals surface area contributed by atoms with E-state index >= 15 is 0 Å². The first kappa shape index (κ1) is 28.4. The largest absolute Gasteiger partial charge is 0.341 e. The van der Waals surface area contributed by atoms with Crippen molar-refractivity contribution in [3.63, 3.8) is 0 Å². The van der Waals surface area contributed by atoms with Crippen LogP contribution in [-0.2, 0) is 18.3 Å². The monoisotopic (exact) mass is 630 g/mol. The smallest absolute Gasteiger partial charge is 0.0715 e. The average Bonchev–Trinajstić information content (AvgIpc) is 3.48. The van der Waals surface area contributed by atoms with Crippen LogP contribution in [0.2, 0.25) is 0 Å². The molecule has 0 saturated heterocycles. The second kappa shape index (κ2) is 11.2. The van der Waals surface area contributed by atoms with Crippen molar-refractivity contribution in [2.24, 2.45) is 0 Å². The normalized spacial score (nSPS) is 15.8. The minimum Gasteiger partial charge on any atom is -0.341 e. The van der Waals surface area contributed by atoms with Crippen LogP contribution < -0.4 is 9.80 Å². The molecular weight excluding hydrogens is 593 g/mol. The molecule has 236 valence electrons. The van der Waals surface area contributed by atoms with Gasteiger partial charge in [0.2, 0.25) is 0 Å². The number of hydrogen-bond acceptors (Lipinski definition) is 2. The number of benzene rings is 7. The maximum Gasteiger partial charge on any atom is 0.0715 e. The molecule has 2 heteroatoms. The topological polar surface area (TPSA) is 6.48 Å². The highest BCUT2D eigenvalue weighted by molar-refractivity contribution is 6.10. The molecule has 7 aromatic carbocycles. The molecule has 0 radical (unpaired) electrons. The van der Waals surface area contributed by atoms with Crippen LogP contribution in [0.15, 0.2) is 158 Å². The zero-order valence-corrected chi connectivity index (χ0v) is 27.6. The zero-order chi connectivity index (χ0) is 32.4. The van der Waals surface area contributed by atoms with Crippen molar-refractivity contribution in [2.75, 3.05) is 22.9 Å². The fourth-order valence-electron chi connectivity index (χ4n) is 9.29. The van der Waals surface area contributed by atoms with Gasteiger partial charge in [0, 0.05) is 41.2 Å². The fourth-order valence-corrected chi connectivity index (χ4v) is 9.29. The van der Waals surface area contributed by atoms with Gasteiger partial charge in [-0.3, -0.25) is 0 Å². The van der Waals surface area contributed by atoms with Crippen molar-refractivity contribution < 1.29 is 0 Å². The van der Waals surface area contributed by atoms with E-state index in [1.807, 2.05) is 0 Å². The SMILES string of the molecule is c1ccc(C2(c3ccccc3)c3cc(N4CCCc5ccccc54)ccc3-c3c2cc(N2CCCc4ccccc42)c2ccccc32)cc1. The van der Waals surface area contributed by atoms with Crippen LogP contribution in [0.4, 0.5) is 22.7 Å². The molecule has 2 aliphatic heterocycles. The van der Waals surface area contributed by atoms with Crippen LogP contribution in [0.5, 0.6) is 0 Å². The van der Waals surface area contributed by atoms with Gasteiger partial charge in [-0.15, -0.1) is 0 Å². The molecule has 0 bridgehead atoms. The molecule has 2 heterocycles. The summed E-state index contributed by atoms with van der Waals surface area (Å²) >= 11 is 0. The maximum atomic E-state index is 2.60. The molecule has 0 spiro atoms. The summed E-state index contributed by atoms with van der Waals surface area (Å²) in [5.74, 6) is 0. The molecule has 0 N–H and O–H groups in total. The molecular formula is C47H38N2. The Morgan fingerprint density at radius 1 is 0.429 bits per heavy atom. The van der Waals surface area contributed by atoms with Crippen molar-refractivity contribution in [1.29, 1.82) is 0 Å². The van der Waals surface area contributed by atoms with Gasteiger partial charge in [0.05, 0.1) is 5.41 Å². The Morgan fingerprint density at radius 3 is 1.65 bits per heavy atom. The Hall–Kier alpha value is -5.60. The number of para-hydroxylation sites is 2. The molecule has 0 fully saturated rings. The standard InChI is InChI=1S/C47H38N2/c1-3-19-35(20-4-1)47(36-21-5-2-6-22-36)41-31-37(48-29-13-17-33-15-7-11-25-43(33)48)27-28-40(41)46-39-24-10-9-23-38(39)45(32-42(46)47)49-30-14-18-34-16-8-12-26-44(34)49/h1-12,15-16,19-28,31-32H,13-14,17-18,29-30H2. The van der Waals surface area contributed by atoms with Gasteiger partial charge < -0.3 is 9.80 Å². The van der Waals surface area contributed by atoms with E-state index in [-0.39, 0.29) is 0 Å². The second-order valence-electron chi connectivity index (χ2n) is 13.8. The first-order valence-corrected chi connectivity index (χ1v) is 17.9. The van der Waals surface area contributed by atoms with Crippen LogP contribution in [0.1, 0.15) is 46.2 Å². The number of anilines is 4. The minimum absolute atomic E-state index is 0.493. The Kier molecular flexibility index (Phi) is 6.52. The number of aryl methyl sites for hydroxylation is 2. The summed E-state index contributed by atoms with van der Waals surface area (Å²) in [7, 11) is 0. The third-order valence-corrected chi connectivity index (χ3v) is 11.3. The molecule has 0 unspecified atom stereocenters. The summed E-state index contributed by atoms with van der Waals surface area (Å²) in [5.41, 5.74) is 15.7. The van der Waals surface area contributed by atoms with Crippen LogP contribution in [0.3, 0.4) is 0 Å². The summed E-state index contributed by atoms with van der Waals surface area (Å²) in [5, 5.41) is 2.64. The van der Waals surface area contributed by atoms with Gasteiger partial charge in [0.15, 0.2) is 0 Å². The summed E-state index contributed by atoms with van der Waals surface area (Å²) in [6, 6.07) is 59.5. The summed E-state index contributed by atoms with van der Waals surface area (Å²) in [6.07, 6.45) is 4.56. The first-order valence-electron chi connectivity index (χ1n) is 17.9. The van der Waals surface area contributed by atoms with Gasteiger partial charge in [-0.05, 0) is 106 Å². The van der Waals surface area contributed by atoms with Gasteiger partial charge in [-0.1, -0.05) is 127 Å². The van der Waals surface area contributed by atoms with E-state index in [0.717, 1.165) is 38.8 Å². The van der Waals surface area contributed by atoms with E-state index < -0.39 is 5.41 Å². The van der Waals surface area contributed by atoms with Crippen LogP contribution in [-0.4, -0.2) is 13.1 Å². The van der Waals surface area contributed by atoms with Crippen LogP contribution in [0, 0.1) is 0 Å². The van der Waals surface area contributed by atoms with Gasteiger partial charge in [-0.2, -0.15) is 0 Å². The van der Waals surface area contributed by atoms with E-state index in [0.29, 0.717) is 0 Å². The first-order chi connectivity index (χ1) is 24.3. The predicted molar refractivity (Wildman–Crippen MR) is 205 cm³/mol. The molecule has 49 heavy (non-hydrogen) atoms. The third-order valence-electron chi connectivity index (χ3n) is 11.3. The Balaban J connectivity index is 1.31. The number of fused-ring (bicyclic) bond motifs is 7. The lowest BCUT2D eigenvalue weighted by molar-refractivity contribution is 0.752. The Morgan fingerprint density at radius 2 is 0.980 bits per heavy atom. The van der Waals surface area contributed by atoms with E-state index in [4.69, 9.17) is 0 Å². The summed E-state index contributed by atoms with van der Waals surface area (Å²) in [6.45, 7) is 2.03. The van der Waals surface area contributed by atoms with Crippen molar-refractivity contribution in [2.45, 2.75) is 31.1 Å². The molecule has 0 saturated carbocycles. The van der Waals surface area contributed by atoms with Crippen molar-refractivity contribution in [3.05, 3.63) is 191 Å². The molecule has 0 aromatic heterocycles. The second-order valence-corrected chi connectivity index (χ2v) is 13.8. The zero-order valence-electron chi connectivity index (χ0n) is 27.6. The minimum atomic E-state index is -0.493. The van der Waals surface area contributed by atoms with E-state index in [9.17, 15) is 0 Å². The highest BCUT2D eigenvalue weighted by Gasteiger charge is 2.48. The number of nitrogens with zero attached hydrogens (tertiary/aromatic N) is 2. The Labute approximate surface area is 288 Å². The lowest BCUT2D eigenvalue weighted by Gasteiger charge is -2.37. The number of rotatable bonds is 4.